The number of alkyl halides is 2. The van der Waals surface area contributed by atoms with Gasteiger partial charge < -0.3 is 5.32 Å². The standard InChI is InChI=1S/C5H9Cl2N/c6-5(7)1-3-8-4-2-5/h8H,1-4H2. The smallest absolute Gasteiger partial charge is 0.120 e. The van der Waals surface area contributed by atoms with E-state index in [0.717, 1.165) is 25.9 Å². The van der Waals surface area contributed by atoms with Crippen LogP contribution >= 0.6 is 23.2 Å². The highest BCUT2D eigenvalue weighted by Gasteiger charge is 2.25. The Kier molecular flexibility index (Phi) is 2.02. The van der Waals surface area contributed by atoms with Crippen LogP contribution in [0.15, 0.2) is 0 Å². The van der Waals surface area contributed by atoms with Crippen LogP contribution in [0.25, 0.3) is 0 Å². The number of piperidine rings is 1. The first-order valence-corrected chi connectivity index (χ1v) is 3.55. The summed E-state index contributed by atoms with van der Waals surface area (Å²) in [6.07, 6.45) is 1.74. The van der Waals surface area contributed by atoms with Crippen molar-refractivity contribution in [3.8, 4) is 0 Å². The van der Waals surface area contributed by atoms with Crippen LogP contribution in [0.4, 0.5) is 0 Å². The second-order valence-electron chi connectivity index (χ2n) is 2.11. The van der Waals surface area contributed by atoms with E-state index in [9.17, 15) is 0 Å². The zero-order chi connectivity index (χ0) is 6.04. The van der Waals surface area contributed by atoms with Crippen molar-refractivity contribution in [1.82, 2.24) is 5.32 Å². The average Bonchev–Trinajstić information content (AvgIpc) is 1.65. The van der Waals surface area contributed by atoms with Gasteiger partial charge in [-0.25, -0.2) is 0 Å². The van der Waals surface area contributed by atoms with Crippen molar-refractivity contribution < 1.29 is 0 Å². The van der Waals surface area contributed by atoms with Crippen LogP contribution in [-0.2, 0) is 0 Å². The van der Waals surface area contributed by atoms with E-state index in [0.29, 0.717) is 0 Å². The zero-order valence-corrected chi connectivity index (χ0v) is 6.10. The van der Waals surface area contributed by atoms with E-state index < -0.39 is 4.33 Å². The van der Waals surface area contributed by atoms with Crippen LogP contribution in [0.1, 0.15) is 12.8 Å². The molecule has 0 aromatic rings. The number of rotatable bonds is 0. The quantitative estimate of drug-likeness (QED) is 0.522. The normalized spacial score (nSPS) is 27.8. The van der Waals surface area contributed by atoms with E-state index in [1.54, 1.807) is 0 Å². The lowest BCUT2D eigenvalue weighted by molar-refractivity contribution is 0.495. The minimum absolute atomic E-state index is 0.439. The van der Waals surface area contributed by atoms with Gasteiger partial charge >= 0.3 is 0 Å². The summed E-state index contributed by atoms with van der Waals surface area (Å²) in [6.45, 7) is 1.90. The number of nitrogens with one attached hydrogen (secondary N) is 1. The maximum Gasteiger partial charge on any atom is 0.120 e. The van der Waals surface area contributed by atoms with E-state index in [4.69, 9.17) is 23.2 Å². The van der Waals surface area contributed by atoms with Gasteiger partial charge in [-0.2, -0.15) is 0 Å². The first kappa shape index (κ1) is 6.66. The molecule has 0 aromatic carbocycles. The minimum atomic E-state index is -0.439. The molecule has 1 saturated heterocycles. The van der Waals surface area contributed by atoms with Gasteiger partial charge in [0.05, 0.1) is 0 Å². The average molecular weight is 154 g/mol. The van der Waals surface area contributed by atoms with Crippen molar-refractivity contribution in [3.63, 3.8) is 0 Å². The molecule has 48 valence electrons. The molecule has 1 aliphatic rings. The Balaban J connectivity index is 2.33. The third-order valence-corrected chi connectivity index (χ3v) is 2.09. The largest absolute Gasteiger partial charge is 0.317 e. The molecule has 0 aromatic heterocycles. The summed E-state index contributed by atoms with van der Waals surface area (Å²) in [5.74, 6) is 0. The van der Waals surface area contributed by atoms with Gasteiger partial charge in [0.15, 0.2) is 0 Å². The second kappa shape index (κ2) is 2.42. The Morgan fingerprint density at radius 1 is 1.12 bits per heavy atom. The van der Waals surface area contributed by atoms with E-state index in [1.807, 2.05) is 0 Å². The van der Waals surface area contributed by atoms with E-state index >= 15 is 0 Å². The molecule has 0 aliphatic carbocycles. The highest BCUT2D eigenvalue weighted by molar-refractivity contribution is 6.48. The van der Waals surface area contributed by atoms with Crippen LogP contribution in [0, 0.1) is 0 Å². The molecule has 3 heteroatoms. The summed E-state index contributed by atoms with van der Waals surface area (Å²) in [5, 5.41) is 3.17. The van der Waals surface area contributed by atoms with Crippen LogP contribution in [0.2, 0.25) is 0 Å². The van der Waals surface area contributed by atoms with E-state index in [2.05, 4.69) is 5.32 Å². The molecule has 0 spiro atoms. The molecule has 0 bridgehead atoms. The molecule has 0 radical (unpaired) electrons. The third-order valence-electron chi connectivity index (χ3n) is 1.34. The molecule has 1 fully saturated rings. The lowest BCUT2D eigenvalue weighted by Gasteiger charge is -2.24. The first-order valence-electron chi connectivity index (χ1n) is 2.79. The van der Waals surface area contributed by atoms with Gasteiger partial charge in [0, 0.05) is 0 Å². The Hall–Kier alpha value is 0.540. The van der Waals surface area contributed by atoms with Crippen LogP contribution in [0.5, 0.6) is 0 Å². The second-order valence-corrected chi connectivity index (χ2v) is 3.75. The Labute approximate surface area is 59.3 Å². The minimum Gasteiger partial charge on any atom is -0.317 e. The van der Waals surface area contributed by atoms with E-state index in [-0.39, 0.29) is 0 Å². The van der Waals surface area contributed by atoms with Crippen LogP contribution in [0.3, 0.4) is 0 Å². The fraction of sp³-hybridized carbons (Fsp3) is 1.00. The molecule has 1 rings (SSSR count). The van der Waals surface area contributed by atoms with Gasteiger partial charge in [-0.15, -0.1) is 23.2 Å². The molecule has 0 unspecified atom stereocenters. The molecular formula is C5H9Cl2N. The summed E-state index contributed by atoms with van der Waals surface area (Å²) in [5.41, 5.74) is 0. The highest BCUT2D eigenvalue weighted by atomic mass is 35.5. The van der Waals surface area contributed by atoms with Gasteiger partial charge in [-0.1, -0.05) is 0 Å². The molecule has 1 aliphatic heterocycles. The molecular weight excluding hydrogens is 145 g/mol. The topological polar surface area (TPSA) is 12.0 Å². The summed E-state index contributed by atoms with van der Waals surface area (Å²) in [7, 11) is 0. The zero-order valence-electron chi connectivity index (χ0n) is 4.58. The molecule has 1 N–H and O–H groups in total. The molecule has 1 heterocycles. The van der Waals surface area contributed by atoms with E-state index in [1.165, 1.54) is 0 Å². The number of halogens is 2. The monoisotopic (exact) mass is 153 g/mol. The summed E-state index contributed by atoms with van der Waals surface area (Å²) in [4.78, 5) is 0. The maximum atomic E-state index is 5.80. The number of hydrogen-bond acceptors (Lipinski definition) is 1. The van der Waals surface area contributed by atoms with Crippen LogP contribution in [-0.4, -0.2) is 17.4 Å². The predicted octanol–water partition coefficient (Wildman–Crippen LogP) is 1.54. The molecule has 8 heavy (non-hydrogen) atoms. The molecule has 0 amide bonds. The van der Waals surface area contributed by atoms with Crippen molar-refractivity contribution in [2.24, 2.45) is 0 Å². The van der Waals surface area contributed by atoms with Crippen molar-refractivity contribution in [1.29, 1.82) is 0 Å². The predicted molar refractivity (Wildman–Crippen MR) is 36.5 cm³/mol. The number of hydrogen-bond donors (Lipinski definition) is 1. The van der Waals surface area contributed by atoms with Gasteiger partial charge in [0.25, 0.3) is 0 Å². The van der Waals surface area contributed by atoms with Gasteiger partial charge in [0.1, 0.15) is 4.33 Å². The summed E-state index contributed by atoms with van der Waals surface area (Å²) < 4.78 is -0.439. The van der Waals surface area contributed by atoms with Crippen molar-refractivity contribution in [3.05, 3.63) is 0 Å². The van der Waals surface area contributed by atoms with Crippen molar-refractivity contribution >= 4 is 23.2 Å². The third kappa shape index (κ3) is 1.81. The van der Waals surface area contributed by atoms with Crippen LogP contribution < -0.4 is 5.32 Å². The Bertz CT molecular complexity index is 74.5. The fourth-order valence-corrected chi connectivity index (χ4v) is 1.17. The molecule has 1 nitrogen and oxygen atoms in total. The molecule has 0 atom stereocenters. The van der Waals surface area contributed by atoms with Gasteiger partial charge in [-0.3, -0.25) is 0 Å². The van der Waals surface area contributed by atoms with Crippen molar-refractivity contribution in [2.45, 2.75) is 17.2 Å². The summed E-state index contributed by atoms with van der Waals surface area (Å²) >= 11 is 11.6. The van der Waals surface area contributed by atoms with Gasteiger partial charge in [0.2, 0.25) is 0 Å². The Morgan fingerprint density at radius 3 is 1.88 bits per heavy atom. The fourth-order valence-electron chi connectivity index (χ4n) is 0.793. The Morgan fingerprint density at radius 2 is 1.62 bits per heavy atom. The van der Waals surface area contributed by atoms with Crippen molar-refractivity contribution in [2.75, 3.05) is 13.1 Å². The van der Waals surface area contributed by atoms with Gasteiger partial charge in [-0.05, 0) is 25.9 Å². The summed E-state index contributed by atoms with van der Waals surface area (Å²) in [6, 6.07) is 0. The molecule has 0 saturated carbocycles. The first-order chi connectivity index (χ1) is 3.71. The lowest BCUT2D eigenvalue weighted by Crippen LogP contribution is -2.33. The highest BCUT2D eigenvalue weighted by Crippen LogP contribution is 2.30. The lowest BCUT2D eigenvalue weighted by atomic mass is 10.1. The SMILES string of the molecule is ClC1(Cl)CCNCC1. The maximum absolute atomic E-state index is 5.80.